The normalized spacial score (nSPS) is 10.3. The van der Waals surface area contributed by atoms with Gasteiger partial charge < -0.3 is 15.7 Å². The van der Waals surface area contributed by atoms with E-state index in [1.54, 1.807) is 4.90 Å². The lowest BCUT2D eigenvalue weighted by Gasteiger charge is -2.21. The second-order valence-electron chi connectivity index (χ2n) is 4.70. The van der Waals surface area contributed by atoms with Gasteiger partial charge in [0.1, 0.15) is 4.99 Å². The van der Waals surface area contributed by atoms with Crippen molar-refractivity contribution in [1.82, 2.24) is 4.90 Å². The first-order chi connectivity index (χ1) is 9.58. The maximum absolute atomic E-state index is 12.2. The molecule has 0 aliphatic heterocycles. The van der Waals surface area contributed by atoms with Gasteiger partial charge in [-0.25, -0.2) is 0 Å². The second kappa shape index (κ2) is 8.66. The van der Waals surface area contributed by atoms with Gasteiger partial charge in [-0.3, -0.25) is 4.79 Å². The van der Waals surface area contributed by atoms with E-state index in [-0.39, 0.29) is 12.5 Å². The van der Waals surface area contributed by atoms with Crippen LogP contribution in [0.15, 0.2) is 24.3 Å². The molecule has 0 heterocycles. The second-order valence-corrected chi connectivity index (χ2v) is 5.14. The highest BCUT2D eigenvalue weighted by molar-refractivity contribution is 7.80. The molecule has 1 aromatic carbocycles. The Labute approximate surface area is 125 Å². The van der Waals surface area contributed by atoms with Crippen LogP contribution in [0.3, 0.4) is 0 Å². The van der Waals surface area contributed by atoms with Crippen molar-refractivity contribution >= 4 is 23.1 Å². The van der Waals surface area contributed by atoms with E-state index >= 15 is 0 Å². The van der Waals surface area contributed by atoms with Crippen LogP contribution in [0.4, 0.5) is 0 Å². The topological polar surface area (TPSA) is 66.6 Å². The average Bonchev–Trinajstić information content (AvgIpc) is 2.43. The molecule has 0 unspecified atom stereocenters. The van der Waals surface area contributed by atoms with Crippen LogP contribution in [0.25, 0.3) is 0 Å². The van der Waals surface area contributed by atoms with Gasteiger partial charge in [-0.2, -0.15) is 0 Å². The number of unbranched alkanes of at least 4 members (excludes halogenated alkanes) is 1. The van der Waals surface area contributed by atoms with Crippen LogP contribution in [-0.2, 0) is 11.2 Å². The van der Waals surface area contributed by atoms with Gasteiger partial charge in [-0.15, -0.1) is 0 Å². The standard InChI is InChI=1S/C15H22N2O2S/c1-2-3-8-17(9-10-18)14(19)11-12-4-6-13(7-5-12)15(16)20/h4-7,18H,2-3,8-11H2,1H3,(H2,16,20). The van der Waals surface area contributed by atoms with E-state index < -0.39 is 0 Å². The summed E-state index contributed by atoms with van der Waals surface area (Å²) >= 11 is 4.89. The molecule has 1 amide bonds. The highest BCUT2D eigenvalue weighted by Gasteiger charge is 2.13. The van der Waals surface area contributed by atoms with Crippen molar-refractivity contribution in [3.05, 3.63) is 35.4 Å². The van der Waals surface area contributed by atoms with Crippen LogP contribution in [0.2, 0.25) is 0 Å². The number of amides is 1. The number of thiocarbonyl (C=S) groups is 1. The van der Waals surface area contributed by atoms with Gasteiger partial charge >= 0.3 is 0 Å². The van der Waals surface area contributed by atoms with Crippen molar-refractivity contribution in [3.8, 4) is 0 Å². The molecule has 5 heteroatoms. The Balaban J connectivity index is 2.64. The minimum Gasteiger partial charge on any atom is -0.395 e. The van der Waals surface area contributed by atoms with Gasteiger partial charge in [-0.1, -0.05) is 49.8 Å². The van der Waals surface area contributed by atoms with Gasteiger partial charge in [0, 0.05) is 18.7 Å². The molecule has 20 heavy (non-hydrogen) atoms. The third kappa shape index (κ3) is 5.27. The van der Waals surface area contributed by atoms with Crippen LogP contribution in [0.1, 0.15) is 30.9 Å². The van der Waals surface area contributed by atoms with Crippen LogP contribution < -0.4 is 5.73 Å². The fourth-order valence-electron chi connectivity index (χ4n) is 1.90. The Bertz CT molecular complexity index is 446. The fraction of sp³-hybridized carbons (Fsp3) is 0.467. The number of aliphatic hydroxyl groups excluding tert-OH is 1. The van der Waals surface area contributed by atoms with Crippen molar-refractivity contribution in [2.75, 3.05) is 19.7 Å². The van der Waals surface area contributed by atoms with Gasteiger partial charge in [0.05, 0.1) is 13.0 Å². The number of carbonyl (C=O) groups excluding carboxylic acids is 1. The zero-order chi connectivity index (χ0) is 15.0. The monoisotopic (exact) mass is 294 g/mol. The number of carbonyl (C=O) groups is 1. The molecule has 0 atom stereocenters. The quantitative estimate of drug-likeness (QED) is 0.713. The Morgan fingerprint density at radius 2 is 1.95 bits per heavy atom. The first-order valence-corrected chi connectivity index (χ1v) is 7.26. The zero-order valence-corrected chi connectivity index (χ0v) is 12.7. The van der Waals surface area contributed by atoms with E-state index in [0.717, 1.165) is 24.0 Å². The van der Waals surface area contributed by atoms with Gasteiger partial charge in [-0.05, 0) is 12.0 Å². The Kier molecular flexibility index (Phi) is 7.18. The van der Waals surface area contributed by atoms with Crippen LogP contribution in [-0.4, -0.2) is 40.6 Å². The minimum atomic E-state index is -0.00413. The van der Waals surface area contributed by atoms with E-state index in [2.05, 4.69) is 6.92 Å². The van der Waals surface area contributed by atoms with E-state index in [1.165, 1.54) is 0 Å². The summed E-state index contributed by atoms with van der Waals surface area (Å²) in [4.78, 5) is 14.3. The van der Waals surface area contributed by atoms with E-state index in [4.69, 9.17) is 23.1 Å². The smallest absolute Gasteiger partial charge is 0.227 e. The largest absolute Gasteiger partial charge is 0.395 e. The van der Waals surface area contributed by atoms with Gasteiger partial charge in [0.25, 0.3) is 0 Å². The van der Waals surface area contributed by atoms with Crippen molar-refractivity contribution < 1.29 is 9.90 Å². The lowest BCUT2D eigenvalue weighted by Crippen LogP contribution is -2.35. The van der Waals surface area contributed by atoms with Crippen LogP contribution >= 0.6 is 12.2 Å². The van der Waals surface area contributed by atoms with E-state index in [9.17, 15) is 4.79 Å². The molecule has 1 rings (SSSR count). The maximum atomic E-state index is 12.2. The highest BCUT2D eigenvalue weighted by atomic mass is 32.1. The summed E-state index contributed by atoms with van der Waals surface area (Å²) in [6.07, 6.45) is 2.31. The summed E-state index contributed by atoms with van der Waals surface area (Å²) < 4.78 is 0. The number of aliphatic hydroxyl groups is 1. The molecule has 3 N–H and O–H groups in total. The summed E-state index contributed by atoms with van der Waals surface area (Å²) in [5.74, 6) is 0.0376. The fourth-order valence-corrected chi connectivity index (χ4v) is 2.04. The molecular weight excluding hydrogens is 272 g/mol. The maximum Gasteiger partial charge on any atom is 0.227 e. The summed E-state index contributed by atoms with van der Waals surface area (Å²) in [5.41, 5.74) is 7.26. The molecule has 0 bridgehead atoms. The molecule has 0 saturated heterocycles. The van der Waals surface area contributed by atoms with Crippen molar-refractivity contribution in [2.24, 2.45) is 5.73 Å². The lowest BCUT2D eigenvalue weighted by molar-refractivity contribution is -0.131. The van der Waals surface area contributed by atoms with Crippen molar-refractivity contribution in [1.29, 1.82) is 0 Å². The number of hydrogen-bond donors (Lipinski definition) is 2. The Hall–Kier alpha value is -1.46. The average molecular weight is 294 g/mol. The van der Waals surface area contributed by atoms with E-state index in [0.29, 0.717) is 24.5 Å². The van der Waals surface area contributed by atoms with Gasteiger partial charge in [0.15, 0.2) is 0 Å². The number of nitrogens with two attached hydrogens (primary N) is 1. The minimum absolute atomic E-state index is 0.00413. The molecule has 0 aliphatic rings. The first kappa shape index (κ1) is 16.6. The Morgan fingerprint density at radius 3 is 2.45 bits per heavy atom. The number of nitrogens with zero attached hydrogens (tertiary/aromatic N) is 1. The molecule has 0 aromatic heterocycles. The molecule has 0 spiro atoms. The lowest BCUT2D eigenvalue weighted by atomic mass is 10.1. The molecule has 4 nitrogen and oxygen atoms in total. The molecule has 0 saturated carbocycles. The summed E-state index contributed by atoms with van der Waals surface area (Å²) in [6, 6.07) is 7.38. The molecule has 0 radical (unpaired) electrons. The first-order valence-electron chi connectivity index (χ1n) is 6.85. The third-order valence-corrected chi connectivity index (χ3v) is 3.33. The van der Waals surface area contributed by atoms with E-state index in [1.807, 2.05) is 24.3 Å². The molecular formula is C15H22N2O2S. The Morgan fingerprint density at radius 1 is 1.30 bits per heavy atom. The highest BCUT2D eigenvalue weighted by Crippen LogP contribution is 2.07. The number of rotatable bonds is 8. The number of hydrogen-bond acceptors (Lipinski definition) is 3. The molecule has 0 aliphatic carbocycles. The van der Waals surface area contributed by atoms with Crippen LogP contribution in [0.5, 0.6) is 0 Å². The van der Waals surface area contributed by atoms with Crippen molar-refractivity contribution in [3.63, 3.8) is 0 Å². The zero-order valence-electron chi connectivity index (χ0n) is 11.8. The SMILES string of the molecule is CCCCN(CCO)C(=O)Cc1ccc(C(N)=S)cc1. The van der Waals surface area contributed by atoms with Gasteiger partial charge in [0.2, 0.25) is 5.91 Å². The third-order valence-electron chi connectivity index (χ3n) is 3.10. The molecule has 0 fully saturated rings. The molecule has 110 valence electrons. The summed E-state index contributed by atoms with van der Waals surface area (Å²) in [5, 5.41) is 9.03. The number of benzene rings is 1. The molecule has 1 aromatic rings. The predicted molar refractivity (Wildman–Crippen MR) is 84.6 cm³/mol. The van der Waals surface area contributed by atoms with Crippen LogP contribution in [0, 0.1) is 0 Å². The predicted octanol–water partition coefficient (Wildman–Crippen LogP) is 1.48. The summed E-state index contributed by atoms with van der Waals surface area (Å²) in [6.45, 7) is 3.16. The summed E-state index contributed by atoms with van der Waals surface area (Å²) in [7, 11) is 0. The van der Waals surface area contributed by atoms with Crippen molar-refractivity contribution in [2.45, 2.75) is 26.2 Å².